The van der Waals surface area contributed by atoms with E-state index in [9.17, 15) is 14.3 Å². The first kappa shape index (κ1) is 14.3. The van der Waals surface area contributed by atoms with Gasteiger partial charge in [0.25, 0.3) is 0 Å². The van der Waals surface area contributed by atoms with Crippen molar-refractivity contribution in [1.29, 1.82) is 0 Å². The molecule has 1 aromatic heterocycles. The zero-order valence-electron chi connectivity index (χ0n) is 10.7. The molecule has 0 unspecified atom stereocenters. The van der Waals surface area contributed by atoms with E-state index in [0.717, 1.165) is 6.20 Å². The number of amides is 1. The van der Waals surface area contributed by atoms with Crippen molar-refractivity contribution >= 4 is 12.0 Å². The van der Waals surface area contributed by atoms with Crippen LogP contribution in [0.25, 0.3) is 6.08 Å². The zero-order valence-corrected chi connectivity index (χ0v) is 10.7. The fourth-order valence-corrected chi connectivity index (χ4v) is 1.47. The molecule has 4 nitrogen and oxygen atoms in total. The minimum absolute atomic E-state index is 0.220. The summed E-state index contributed by atoms with van der Waals surface area (Å²) in [6, 6.07) is 1.28. The SMILES string of the molecule is CN(CC(C)(C)O)C(=O)/C=C/c1cncc(F)c1. The van der Waals surface area contributed by atoms with Gasteiger partial charge in [-0.25, -0.2) is 4.39 Å². The molecule has 98 valence electrons. The Hall–Kier alpha value is -1.75. The predicted octanol–water partition coefficient (Wildman–Crippen LogP) is 1.46. The average molecular weight is 252 g/mol. The van der Waals surface area contributed by atoms with Gasteiger partial charge in [0.15, 0.2) is 0 Å². The van der Waals surface area contributed by atoms with Crippen molar-refractivity contribution in [3.63, 3.8) is 0 Å². The number of pyridine rings is 1. The number of likely N-dealkylation sites (N-methyl/N-ethyl adjacent to an activating group) is 1. The Morgan fingerprint density at radius 2 is 2.22 bits per heavy atom. The topological polar surface area (TPSA) is 53.4 Å². The smallest absolute Gasteiger partial charge is 0.246 e. The highest BCUT2D eigenvalue weighted by atomic mass is 19.1. The van der Waals surface area contributed by atoms with Crippen molar-refractivity contribution in [2.75, 3.05) is 13.6 Å². The quantitative estimate of drug-likeness (QED) is 0.825. The summed E-state index contributed by atoms with van der Waals surface area (Å²) in [7, 11) is 1.59. The highest BCUT2D eigenvalue weighted by Crippen LogP contribution is 2.06. The van der Waals surface area contributed by atoms with Gasteiger partial charge < -0.3 is 10.0 Å². The molecule has 0 aliphatic carbocycles. The average Bonchev–Trinajstić information content (AvgIpc) is 2.23. The van der Waals surface area contributed by atoms with Crippen LogP contribution in [-0.4, -0.2) is 40.1 Å². The number of rotatable bonds is 4. The maximum atomic E-state index is 12.8. The molecule has 0 spiro atoms. The van der Waals surface area contributed by atoms with Gasteiger partial charge in [0, 0.05) is 25.9 Å². The number of carbonyl (C=O) groups excluding carboxylic acids is 1. The molecule has 0 atom stereocenters. The Kier molecular flexibility index (Phi) is 4.55. The van der Waals surface area contributed by atoms with Crippen molar-refractivity contribution in [3.05, 3.63) is 35.9 Å². The molecule has 5 heteroatoms. The van der Waals surface area contributed by atoms with Crippen molar-refractivity contribution in [1.82, 2.24) is 9.88 Å². The van der Waals surface area contributed by atoms with Crippen molar-refractivity contribution < 1.29 is 14.3 Å². The highest BCUT2D eigenvalue weighted by molar-refractivity contribution is 5.91. The van der Waals surface area contributed by atoms with E-state index in [1.165, 1.54) is 29.3 Å². The van der Waals surface area contributed by atoms with Crippen molar-refractivity contribution in [3.8, 4) is 0 Å². The van der Waals surface area contributed by atoms with Gasteiger partial charge in [0.1, 0.15) is 5.82 Å². The van der Waals surface area contributed by atoms with E-state index in [0.29, 0.717) is 5.56 Å². The van der Waals surface area contributed by atoms with E-state index < -0.39 is 11.4 Å². The third-order valence-corrected chi connectivity index (χ3v) is 2.14. The first-order chi connectivity index (χ1) is 8.28. The Morgan fingerprint density at radius 3 is 2.78 bits per heavy atom. The summed E-state index contributed by atoms with van der Waals surface area (Å²) in [5.41, 5.74) is -0.432. The van der Waals surface area contributed by atoms with E-state index in [2.05, 4.69) is 4.98 Å². The maximum absolute atomic E-state index is 12.8. The van der Waals surface area contributed by atoms with E-state index >= 15 is 0 Å². The summed E-state index contributed by atoms with van der Waals surface area (Å²) in [5.74, 6) is -0.712. The van der Waals surface area contributed by atoms with Gasteiger partial charge in [0.05, 0.1) is 11.8 Å². The third kappa shape index (κ3) is 5.05. The van der Waals surface area contributed by atoms with Crippen LogP contribution < -0.4 is 0 Å². The van der Waals surface area contributed by atoms with Crippen LogP contribution in [0.15, 0.2) is 24.5 Å². The van der Waals surface area contributed by atoms with Crippen molar-refractivity contribution in [2.45, 2.75) is 19.4 Å². The summed E-state index contributed by atoms with van der Waals surface area (Å²) in [5, 5.41) is 9.58. The van der Waals surface area contributed by atoms with E-state index in [-0.39, 0.29) is 12.5 Å². The summed E-state index contributed by atoms with van der Waals surface area (Å²) in [6.07, 6.45) is 5.36. The van der Waals surface area contributed by atoms with Crippen LogP contribution in [0.5, 0.6) is 0 Å². The van der Waals surface area contributed by atoms with Gasteiger partial charge in [-0.15, -0.1) is 0 Å². The molecule has 1 rings (SSSR count). The summed E-state index contributed by atoms with van der Waals surface area (Å²) in [4.78, 5) is 16.8. The summed E-state index contributed by atoms with van der Waals surface area (Å²) < 4.78 is 12.8. The number of halogens is 1. The van der Waals surface area contributed by atoms with Crippen LogP contribution in [0.4, 0.5) is 4.39 Å². The molecule has 0 aliphatic rings. The van der Waals surface area contributed by atoms with Gasteiger partial charge in [-0.1, -0.05) is 0 Å². The Balaban J connectivity index is 2.64. The second-order valence-corrected chi connectivity index (χ2v) is 4.78. The van der Waals surface area contributed by atoms with E-state index in [4.69, 9.17) is 0 Å². The van der Waals surface area contributed by atoms with Gasteiger partial charge >= 0.3 is 0 Å². The molecule has 0 fully saturated rings. The molecule has 0 aliphatic heterocycles. The third-order valence-electron chi connectivity index (χ3n) is 2.14. The van der Waals surface area contributed by atoms with E-state index in [1.807, 2.05) is 0 Å². The monoisotopic (exact) mass is 252 g/mol. The lowest BCUT2D eigenvalue weighted by Gasteiger charge is -2.24. The number of carbonyl (C=O) groups is 1. The zero-order chi connectivity index (χ0) is 13.8. The van der Waals surface area contributed by atoms with Crippen LogP contribution in [0.2, 0.25) is 0 Å². The highest BCUT2D eigenvalue weighted by Gasteiger charge is 2.17. The van der Waals surface area contributed by atoms with Crippen LogP contribution in [0.3, 0.4) is 0 Å². The van der Waals surface area contributed by atoms with Crippen LogP contribution in [0.1, 0.15) is 19.4 Å². The summed E-state index contributed by atoms with van der Waals surface area (Å²) >= 11 is 0. The Morgan fingerprint density at radius 1 is 1.56 bits per heavy atom. The lowest BCUT2D eigenvalue weighted by atomic mass is 10.1. The largest absolute Gasteiger partial charge is 0.389 e. The number of nitrogens with zero attached hydrogens (tertiary/aromatic N) is 2. The lowest BCUT2D eigenvalue weighted by Crippen LogP contribution is -2.38. The fourth-order valence-electron chi connectivity index (χ4n) is 1.47. The molecular formula is C13H17FN2O2. The van der Waals surface area contributed by atoms with Crippen molar-refractivity contribution in [2.24, 2.45) is 0 Å². The van der Waals surface area contributed by atoms with Crippen LogP contribution in [0, 0.1) is 5.82 Å². The summed E-state index contributed by atoms with van der Waals surface area (Å²) in [6.45, 7) is 3.46. The molecule has 0 aromatic carbocycles. The molecular weight excluding hydrogens is 235 g/mol. The minimum Gasteiger partial charge on any atom is -0.389 e. The molecule has 1 aromatic rings. The van der Waals surface area contributed by atoms with Gasteiger partial charge in [-0.2, -0.15) is 0 Å². The van der Waals surface area contributed by atoms with Gasteiger partial charge in [-0.3, -0.25) is 9.78 Å². The number of hydrogen-bond acceptors (Lipinski definition) is 3. The molecule has 0 saturated heterocycles. The Bertz CT molecular complexity index is 453. The maximum Gasteiger partial charge on any atom is 0.246 e. The molecule has 18 heavy (non-hydrogen) atoms. The molecule has 1 amide bonds. The molecule has 0 saturated carbocycles. The molecule has 0 radical (unpaired) electrons. The van der Waals surface area contributed by atoms with E-state index in [1.54, 1.807) is 20.9 Å². The predicted molar refractivity (Wildman–Crippen MR) is 67.2 cm³/mol. The minimum atomic E-state index is -0.946. The van der Waals surface area contributed by atoms with Crippen LogP contribution >= 0.6 is 0 Å². The van der Waals surface area contributed by atoms with Gasteiger partial charge in [-0.05, 0) is 31.6 Å². The Labute approximate surface area is 106 Å². The second-order valence-electron chi connectivity index (χ2n) is 4.78. The number of hydrogen-bond donors (Lipinski definition) is 1. The first-order valence-electron chi connectivity index (χ1n) is 5.54. The van der Waals surface area contributed by atoms with Crippen LogP contribution in [-0.2, 0) is 4.79 Å². The second kappa shape index (κ2) is 5.73. The first-order valence-corrected chi connectivity index (χ1v) is 5.54. The normalized spacial score (nSPS) is 11.8. The standard InChI is InChI=1S/C13H17FN2O2/c1-13(2,18)9-16(3)12(17)5-4-10-6-11(14)8-15-7-10/h4-8,18H,9H2,1-3H3/b5-4+. The fraction of sp³-hybridized carbons (Fsp3) is 0.385. The molecule has 1 heterocycles. The molecule has 1 N–H and O–H groups in total. The molecule has 0 bridgehead atoms. The number of aromatic nitrogens is 1. The lowest BCUT2D eigenvalue weighted by molar-refractivity contribution is -0.127. The number of aliphatic hydroxyl groups is 1. The van der Waals surface area contributed by atoms with Gasteiger partial charge in [0.2, 0.25) is 5.91 Å².